The van der Waals surface area contributed by atoms with E-state index in [0.717, 1.165) is 18.7 Å². The van der Waals surface area contributed by atoms with Crippen molar-refractivity contribution in [3.63, 3.8) is 0 Å². The standard InChI is InChI=1S/C13H16N2/c14-11-13(12-7-3-1-4-8-12)15-9-5-2-6-10-15/h1,3-4,7-8,13H,2,5-6,9-10H2. The molecule has 78 valence electrons. The van der Waals surface area contributed by atoms with Crippen LogP contribution in [0.2, 0.25) is 0 Å². The number of piperidine rings is 1. The molecule has 2 rings (SSSR count). The van der Waals surface area contributed by atoms with Gasteiger partial charge in [-0.2, -0.15) is 5.26 Å². The molecular weight excluding hydrogens is 184 g/mol. The molecular formula is C13H16N2. The molecule has 0 bridgehead atoms. The fraction of sp³-hybridized carbons (Fsp3) is 0.462. The van der Waals surface area contributed by atoms with E-state index in [-0.39, 0.29) is 6.04 Å². The Kier molecular flexibility index (Phi) is 3.37. The Balaban J connectivity index is 2.14. The SMILES string of the molecule is N#CC(c1ccccc1)N1CCCCC1. The number of nitrogens with zero attached hydrogens (tertiary/aromatic N) is 2. The van der Waals surface area contributed by atoms with Crippen molar-refractivity contribution in [3.8, 4) is 6.07 Å². The molecule has 2 nitrogen and oxygen atoms in total. The van der Waals surface area contributed by atoms with Crippen LogP contribution < -0.4 is 0 Å². The van der Waals surface area contributed by atoms with E-state index in [0.29, 0.717) is 0 Å². The summed E-state index contributed by atoms with van der Waals surface area (Å²) in [5.41, 5.74) is 1.13. The van der Waals surface area contributed by atoms with Gasteiger partial charge in [0.15, 0.2) is 0 Å². The quantitative estimate of drug-likeness (QED) is 0.734. The molecule has 1 saturated heterocycles. The third kappa shape index (κ3) is 2.37. The zero-order valence-corrected chi connectivity index (χ0v) is 8.89. The number of rotatable bonds is 2. The maximum Gasteiger partial charge on any atom is 0.123 e. The summed E-state index contributed by atoms with van der Waals surface area (Å²) >= 11 is 0. The normalized spacial score (nSPS) is 19.4. The zero-order chi connectivity index (χ0) is 10.5. The van der Waals surface area contributed by atoms with Crippen LogP contribution in [0.1, 0.15) is 30.9 Å². The minimum atomic E-state index is -0.0495. The highest BCUT2D eigenvalue weighted by Crippen LogP contribution is 2.23. The van der Waals surface area contributed by atoms with Crippen LogP contribution in [0.3, 0.4) is 0 Å². The first kappa shape index (κ1) is 10.2. The average molecular weight is 200 g/mol. The average Bonchev–Trinajstić information content (AvgIpc) is 2.33. The second-order valence-electron chi connectivity index (χ2n) is 4.04. The lowest BCUT2D eigenvalue weighted by Gasteiger charge is -2.30. The van der Waals surface area contributed by atoms with E-state index in [1.807, 2.05) is 30.3 Å². The minimum absolute atomic E-state index is 0.0495. The van der Waals surface area contributed by atoms with Crippen molar-refractivity contribution in [1.29, 1.82) is 5.26 Å². The smallest absolute Gasteiger partial charge is 0.123 e. The van der Waals surface area contributed by atoms with Crippen molar-refractivity contribution in [2.75, 3.05) is 13.1 Å². The van der Waals surface area contributed by atoms with E-state index in [1.165, 1.54) is 19.3 Å². The van der Waals surface area contributed by atoms with Gasteiger partial charge in [0, 0.05) is 0 Å². The van der Waals surface area contributed by atoms with Gasteiger partial charge in [-0.25, -0.2) is 0 Å². The molecule has 2 heteroatoms. The molecule has 1 fully saturated rings. The zero-order valence-electron chi connectivity index (χ0n) is 8.89. The molecule has 0 spiro atoms. The Morgan fingerprint density at radius 2 is 1.73 bits per heavy atom. The molecule has 15 heavy (non-hydrogen) atoms. The van der Waals surface area contributed by atoms with Gasteiger partial charge in [0.25, 0.3) is 0 Å². The molecule has 1 aliphatic heterocycles. The summed E-state index contributed by atoms with van der Waals surface area (Å²) in [6, 6.07) is 12.5. The third-order valence-electron chi connectivity index (χ3n) is 2.99. The number of likely N-dealkylation sites (tertiary alicyclic amines) is 1. The summed E-state index contributed by atoms with van der Waals surface area (Å²) in [5, 5.41) is 9.24. The molecule has 1 aromatic carbocycles. The summed E-state index contributed by atoms with van der Waals surface area (Å²) in [6.45, 7) is 2.13. The second kappa shape index (κ2) is 4.95. The van der Waals surface area contributed by atoms with Crippen LogP contribution in [-0.4, -0.2) is 18.0 Å². The van der Waals surface area contributed by atoms with Gasteiger partial charge in [-0.1, -0.05) is 36.8 Å². The van der Waals surface area contributed by atoms with Gasteiger partial charge in [-0.05, 0) is 31.5 Å². The fourth-order valence-corrected chi connectivity index (χ4v) is 2.18. The van der Waals surface area contributed by atoms with Gasteiger partial charge < -0.3 is 0 Å². The van der Waals surface area contributed by atoms with Crippen LogP contribution >= 0.6 is 0 Å². The highest BCUT2D eigenvalue weighted by Gasteiger charge is 2.21. The molecule has 0 amide bonds. The lowest BCUT2D eigenvalue weighted by Crippen LogP contribution is -2.33. The monoisotopic (exact) mass is 200 g/mol. The molecule has 1 aliphatic rings. The molecule has 1 unspecified atom stereocenters. The molecule has 0 N–H and O–H groups in total. The van der Waals surface area contributed by atoms with Crippen LogP contribution in [0.25, 0.3) is 0 Å². The Bertz CT molecular complexity index is 333. The Morgan fingerprint density at radius 1 is 1.07 bits per heavy atom. The van der Waals surface area contributed by atoms with E-state index in [4.69, 9.17) is 0 Å². The maximum absolute atomic E-state index is 9.24. The first-order chi connectivity index (χ1) is 7.42. The van der Waals surface area contributed by atoms with Gasteiger partial charge in [0.05, 0.1) is 6.07 Å². The second-order valence-corrected chi connectivity index (χ2v) is 4.04. The fourth-order valence-electron chi connectivity index (χ4n) is 2.18. The Labute approximate surface area is 91.1 Å². The van der Waals surface area contributed by atoms with E-state index in [9.17, 15) is 5.26 Å². The summed E-state index contributed by atoms with van der Waals surface area (Å²) < 4.78 is 0. The molecule has 0 aromatic heterocycles. The third-order valence-corrected chi connectivity index (χ3v) is 2.99. The number of hydrogen-bond acceptors (Lipinski definition) is 2. The lowest BCUT2D eigenvalue weighted by molar-refractivity contribution is 0.196. The van der Waals surface area contributed by atoms with Crippen LogP contribution in [0.4, 0.5) is 0 Å². The van der Waals surface area contributed by atoms with E-state index >= 15 is 0 Å². The van der Waals surface area contributed by atoms with Crippen molar-refractivity contribution in [2.24, 2.45) is 0 Å². The molecule has 0 saturated carbocycles. The summed E-state index contributed by atoms with van der Waals surface area (Å²) in [6.07, 6.45) is 3.76. The van der Waals surface area contributed by atoms with Gasteiger partial charge in [0.2, 0.25) is 0 Å². The molecule has 0 radical (unpaired) electrons. The van der Waals surface area contributed by atoms with Crippen molar-refractivity contribution in [3.05, 3.63) is 35.9 Å². The molecule has 1 heterocycles. The van der Waals surface area contributed by atoms with Crippen LogP contribution in [0.5, 0.6) is 0 Å². The summed E-state index contributed by atoms with van der Waals surface area (Å²) in [5.74, 6) is 0. The van der Waals surface area contributed by atoms with Gasteiger partial charge in [-0.3, -0.25) is 4.90 Å². The van der Waals surface area contributed by atoms with Crippen molar-refractivity contribution >= 4 is 0 Å². The number of hydrogen-bond donors (Lipinski definition) is 0. The van der Waals surface area contributed by atoms with E-state index < -0.39 is 0 Å². The minimum Gasteiger partial charge on any atom is -0.284 e. The summed E-state index contributed by atoms with van der Waals surface area (Å²) in [4.78, 5) is 2.29. The Morgan fingerprint density at radius 3 is 2.33 bits per heavy atom. The molecule has 1 atom stereocenters. The Hall–Kier alpha value is -1.33. The topological polar surface area (TPSA) is 27.0 Å². The van der Waals surface area contributed by atoms with Crippen molar-refractivity contribution < 1.29 is 0 Å². The van der Waals surface area contributed by atoms with Gasteiger partial charge in [0.1, 0.15) is 6.04 Å². The predicted octanol–water partition coefficient (Wildman–Crippen LogP) is 2.74. The van der Waals surface area contributed by atoms with Gasteiger partial charge in [-0.15, -0.1) is 0 Å². The van der Waals surface area contributed by atoms with Crippen LogP contribution in [0.15, 0.2) is 30.3 Å². The highest BCUT2D eigenvalue weighted by molar-refractivity contribution is 5.24. The number of benzene rings is 1. The first-order valence-electron chi connectivity index (χ1n) is 5.60. The van der Waals surface area contributed by atoms with E-state index in [1.54, 1.807) is 0 Å². The highest BCUT2D eigenvalue weighted by atomic mass is 15.2. The summed E-state index contributed by atoms with van der Waals surface area (Å²) in [7, 11) is 0. The lowest BCUT2D eigenvalue weighted by atomic mass is 10.0. The predicted molar refractivity (Wildman–Crippen MR) is 60.2 cm³/mol. The van der Waals surface area contributed by atoms with Gasteiger partial charge >= 0.3 is 0 Å². The maximum atomic E-state index is 9.24. The van der Waals surface area contributed by atoms with Crippen LogP contribution in [0, 0.1) is 11.3 Å². The van der Waals surface area contributed by atoms with Crippen molar-refractivity contribution in [1.82, 2.24) is 4.90 Å². The van der Waals surface area contributed by atoms with Crippen LogP contribution in [-0.2, 0) is 0 Å². The largest absolute Gasteiger partial charge is 0.284 e. The molecule has 0 aliphatic carbocycles. The number of nitriles is 1. The first-order valence-corrected chi connectivity index (χ1v) is 5.60. The van der Waals surface area contributed by atoms with E-state index in [2.05, 4.69) is 11.0 Å². The van der Waals surface area contributed by atoms with Crippen molar-refractivity contribution in [2.45, 2.75) is 25.3 Å². The molecule has 1 aromatic rings.